The molecule has 0 atom stereocenters. The third-order valence-corrected chi connectivity index (χ3v) is 3.17. The van der Waals surface area contributed by atoms with E-state index in [9.17, 15) is 0 Å². The molecule has 20 heavy (non-hydrogen) atoms. The molecule has 0 radical (unpaired) electrons. The lowest BCUT2D eigenvalue weighted by atomic mass is 9.96. The summed E-state index contributed by atoms with van der Waals surface area (Å²) in [6.45, 7) is 7.39. The van der Waals surface area contributed by atoms with E-state index in [0.717, 1.165) is 12.2 Å². The first-order chi connectivity index (χ1) is 9.50. The molecule has 0 saturated heterocycles. The van der Waals surface area contributed by atoms with Gasteiger partial charge in [-0.25, -0.2) is 4.68 Å². The second-order valence-electron chi connectivity index (χ2n) is 6.32. The molecule has 1 N–H and O–H groups in total. The zero-order chi connectivity index (χ0) is 14.2. The second kappa shape index (κ2) is 4.97. The highest BCUT2D eigenvalue weighted by Crippen LogP contribution is 2.19. The van der Waals surface area contributed by atoms with Crippen LogP contribution in [0.3, 0.4) is 0 Å². The van der Waals surface area contributed by atoms with E-state index in [0.29, 0.717) is 24.3 Å². The summed E-state index contributed by atoms with van der Waals surface area (Å²) < 4.78 is 6.97. The number of nitrogens with one attached hydrogen (secondary N) is 1. The average Bonchev–Trinajstić information content (AvgIpc) is 2.89. The lowest BCUT2D eigenvalue weighted by molar-refractivity contribution is 0.352. The predicted molar refractivity (Wildman–Crippen MR) is 72.0 cm³/mol. The van der Waals surface area contributed by atoms with Gasteiger partial charge in [0.1, 0.15) is 6.54 Å². The Bertz CT molecular complexity index is 578. The van der Waals surface area contributed by atoms with E-state index in [2.05, 4.69) is 46.5 Å². The molecule has 0 unspecified atom stereocenters. The lowest BCUT2D eigenvalue weighted by Gasteiger charge is -2.10. The fourth-order valence-electron chi connectivity index (χ4n) is 1.80. The molecule has 2 heterocycles. The Balaban J connectivity index is 1.60. The van der Waals surface area contributed by atoms with Gasteiger partial charge in [-0.3, -0.25) is 0 Å². The van der Waals surface area contributed by atoms with Gasteiger partial charge in [0.2, 0.25) is 5.89 Å². The maximum absolute atomic E-state index is 5.25. The van der Waals surface area contributed by atoms with Gasteiger partial charge in [-0.15, -0.1) is 5.10 Å². The summed E-state index contributed by atoms with van der Waals surface area (Å²) >= 11 is 0. The normalized spacial score (nSPS) is 15.8. The zero-order valence-electron chi connectivity index (χ0n) is 12.1. The van der Waals surface area contributed by atoms with Crippen LogP contribution in [0.25, 0.3) is 0 Å². The van der Waals surface area contributed by atoms with E-state index in [1.165, 1.54) is 12.8 Å². The first-order valence-electron chi connectivity index (χ1n) is 6.96. The summed E-state index contributed by atoms with van der Waals surface area (Å²) in [6.07, 6.45) is 4.45. The number of rotatable bonds is 5. The highest BCUT2D eigenvalue weighted by molar-refractivity contribution is 5.01. The van der Waals surface area contributed by atoms with Crippen LogP contribution in [-0.2, 0) is 18.5 Å². The summed E-state index contributed by atoms with van der Waals surface area (Å²) in [7, 11) is 0. The lowest BCUT2D eigenvalue weighted by Crippen LogP contribution is -2.15. The Kier molecular flexibility index (Phi) is 3.29. The quantitative estimate of drug-likeness (QED) is 0.885. The molecule has 1 saturated carbocycles. The minimum absolute atomic E-state index is 0.108. The van der Waals surface area contributed by atoms with Crippen LogP contribution in [0, 0.1) is 0 Å². The maximum atomic E-state index is 5.25. The highest BCUT2D eigenvalue weighted by atomic mass is 16.5. The standard InChI is InChI=1S/C13H20N6O/c1-13(2,3)12-15-11(20-17-12)8-19-7-10(16-18-19)6-14-9-4-5-9/h7,9,14H,4-6,8H2,1-3H3. The fourth-order valence-corrected chi connectivity index (χ4v) is 1.80. The summed E-state index contributed by atoms with van der Waals surface area (Å²) in [4.78, 5) is 4.39. The molecule has 0 bridgehead atoms. The van der Waals surface area contributed by atoms with Crippen molar-refractivity contribution in [3.8, 4) is 0 Å². The van der Waals surface area contributed by atoms with Crippen molar-refractivity contribution in [2.24, 2.45) is 0 Å². The largest absolute Gasteiger partial charge is 0.337 e. The van der Waals surface area contributed by atoms with Crippen LogP contribution in [-0.4, -0.2) is 31.2 Å². The molecule has 0 amide bonds. The molecule has 108 valence electrons. The molecule has 2 aromatic rings. The molecule has 1 aliphatic rings. The first-order valence-corrected chi connectivity index (χ1v) is 6.96. The third-order valence-electron chi connectivity index (χ3n) is 3.17. The molecule has 2 aromatic heterocycles. The van der Waals surface area contributed by atoms with E-state index >= 15 is 0 Å². The number of aromatic nitrogens is 5. The minimum Gasteiger partial charge on any atom is -0.337 e. The van der Waals surface area contributed by atoms with Crippen LogP contribution < -0.4 is 5.32 Å². The summed E-state index contributed by atoms with van der Waals surface area (Å²) in [5.74, 6) is 1.27. The van der Waals surface area contributed by atoms with Gasteiger partial charge < -0.3 is 9.84 Å². The first kappa shape index (κ1) is 13.2. The number of hydrogen-bond acceptors (Lipinski definition) is 6. The Labute approximate surface area is 117 Å². The smallest absolute Gasteiger partial charge is 0.248 e. The van der Waals surface area contributed by atoms with Crippen molar-refractivity contribution in [2.75, 3.05) is 0 Å². The zero-order valence-corrected chi connectivity index (χ0v) is 12.1. The van der Waals surface area contributed by atoms with Gasteiger partial charge >= 0.3 is 0 Å². The van der Waals surface area contributed by atoms with Gasteiger partial charge in [-0.05, 0) is 12.8 Å². The average molecular weight is 276 g/mol. The Morgan fingerprint density at radius 2 is 2.20 bits per heavy atom. The maximum Gasteiger partial charge on any atom is 0.248 e. The third kappa shape index (κ3) is 3.22. The van der Waals surface area contributed by atoms with Gasteiger partial charge in [0.15, 0.2) is 5.82 Å². The molecular formula is C13H20N6O. The van der Waals surface area contributed by atoms with Gasteiger partial charge in [0.25, 0.3) is 0 Å². The molecule has 0 aliphatic heterocycles. The molecule has 7 heteroatoms. The monoisotopic (exact) mass is 276 g/mol. The van der Waals surface area contributed by atoms with Crippen molar-refractivity contribution in [3.05, 3.63) is 23.6 Å². The molecule has 1 fully saturated rings. The van der Waals surface area contributed by atoms with E-state index in [1.807, 2.05) is 6.20 Å². The number of hydrogen-bond donors (Lipinski definition) is 1. The van der Waals surface area contributed by atoms with Crippen LogP contribution in [0.2, 0.25) is 0 Å². The van der Waals surface area contributed by atoms with E-state index < -0.39 is 0 Å². The molecule has 7 nitrogen and oxygen atoms in total. The van der Waals surface area contributed by atoms with Crippen LogP contribution in [0.15, 0.2) is 10.7 Å². The summed E-state index contributed by atoms with van der Waals surface area (Å²) in [5.41, 5.74) is 0.830. The predicted octanol–water partition coefficient (Wildman–Crippen LogP) is 1.26. The van der Waals surface area contributed by atoms with Crippen molar-refractivity contribution in [1.82, 2.24) is 30.5 Å². The van der Waals surface area contributed by atoms with Crippen LogP contribution in [0.5, 0.6) is 0 Å². The summed E-state index contributed by atoms with van der Waals surface area (Å²) in [5, 5.41) is 15.6. The van der Waals surface area contributed by atoms with Crippen LogP contribution >= 0.6 is 0 Å². The second-order valence-corrected chi connectivity index (χ2v) is 6.32. The fraction of sp³-hybridized carbons (Fsp3) is 0.692. The van der Waals surface area contributed by atoms with E-state index in [4.69, 9.17) is 4.52 Å². The van der Waals surface area contributed by atoms with Crippen molar-refractivity contribution in [2.45, 2.75) is 58.2 Å². The molecule has 0 spiro atoms. The SMILES string of the molecule is CC(C)(C)c1noc(Cn2cc(CNC3CC3)nn2)n1. The van der Waals surface area contributed by atoms with Crippen molar-refractivity contribution >= 4 is 0 Å². The van der Waals surface area contributed by atoms with Crippen molar-refractivity contribution < 1.29 is 4.52 Å². The van der Waals surface area contributed by atoms with E-state index in [1.54, 1.807) is 4.68 Å². The Hall–Kier alpha value is -1.76. The Morgan fingerprint density at radius 3 is 2.85 bits per heavy atom. The summed E-state index contributed by atoms with van der Waals surface area (Å²) in [6, 6.07) is 0.672. The molecule has 0 aromatic carbocycles. The molecule has 1 aliphatic carbocycles. The molecular weight excluding hydrogens is 256 g/mol. The van der Waals surface area contributed by atoms with Gasteiger partial charge in [0, 0.05) is 18.0 Å². The topological polar surface area (TPSA) is 81.7 Å². The minimum atomic E-state index is -0.108. The molecule has 3 rings (SSSR count). The van der Waals surface area contributed by atoms with Gasteiger partial charge in [-0.1, -0.05) is 31.1 Å². The van der Waals surface area contributed by atoms with Crippen molar-refractivity contribution in [3.63, 3.8) is 0 Å². The van der Waals surface area contributed by atoms with Gasteiger partial charge in [-0.2, -0.15) is 4.98 Å². The van der Waals surface area contributed by atoms with Gasteiger partial charge in [0.05, 0.1) is 11.9 Å². The van der Waals surface area contributed by atoms with E-state index in [-0.39, 0.29) is 5.41 Å². The van der Waals surface area contributed by atoms with Crippen LogP contribution in [0.1, 0.15) is 51.0 Å². The van der Waals surface area contributed by atoms with Crippen molar-refractivity contribution in [1.29, 1.82) is 0 Å². The van der Waals surface area contributed by atoms with Crippen LogP contribution in [0.4, 0.5) is 0 Å². The number of nitrogens with zero attached hydrogens (tertiary/aromatic N) is 5. The Morgan fingerprint density at radius 1 is 1.40 bits per heavy atom. The highest BCUT2D eigenvalue weighted by Gasteiger charge is 2.22.